The molecule has 1 atom stereocenters. The molecule has 7 heteroatoms. The minimum atomic E-state index is -3.23. The summed E-state index contributed by atoms with van der Waals surface area (Å²) in [4.78, 5) is 13.7. The highest BCUT2D eigenvalue weighted by atomic mass is 32.2. The quantitative estimate of drug-likeness (QED) is 0.604. The number of ether oxygens (including phenoxy) is 1. The van der Waals surface area contributed by atoms with Gasteiger partial charge in [-0.2, -0.15) is 0 Å². The fourth-order valence-corrected chi connectivity index (χ4v) is 4.91. The second-order valence-electron chi connectivity index (χ2n) is 7.42. The van der Waals surface area contributed by atoms with Gasteiger partial charge in [-0.05, 0) is 41.1 Å². The highest BCUT2D eigenvalue weighted by Gasteiger charge is 2.26. The van der Waals surface area contributed by atoms with Crippen LogP contribution in [0.2, 0.25) is 0 Å². The largest absolute Gasteiger partial charge is 0.487 e. The Bertz CT molecular complexity index is 1140. The molecule has 1 aliphatic rings. The number of amides is 1. The van der Waals surface area contributed by atoms with Crippen molar-refractivity contribution in [3.8, 4) is 16.9 Å². The highest BCUT2D eigenvalue weighted by Crippen LogP contribution is 2.38. The number of aryl methyl sites for hydroxylation is 1. The van der Waals surface area contributed by atoms with E-state index in [9.17, 15) is 13.2 Å². The van der Waals surface area contributed by atoms with E-state index in [4.69, 9.17) is 4.74 Å². The summed E-state index contributed by atoms with van der Waals surface area (Å²) in [5.74, 6) is 0.835. The molecule has 5 nitrogen and oxygen atoms in total. The van der Waals surface area contributed by atoms with Crippen LogP contribution < -0.4 is 10.1 Å². The van der Waals surface area contributed by atoms with Gasteiger partial charge in [-0.15, -0.1) is 11.3 Å². The highest BCUT2D eigenvalue weighted by molar-refractivity contribution is 7.90. The molecule has 0 bridgehead atoms. The molecule has 0 spiro atoms. The number of sulfone groups is 1. The van der Waals surface area contributed by atoms with Gasteiger partial charge in [0.15, 0.2) is 9.84 Å². The molecule has 2 heterocycles. The van der Waals surface area contributed by atoms with Crippen LogP contribution in [-0.2, 0) is 27.5 Å². The average molecular weight is 442 g/mol. The minimum absolute atomic E-state index is 0.0274. The van der Waals surface area contributed by atoms with E-state index in [0.29, 0.717) is 17.9 Å². The molecule has 156 valence electrons. The minimum Gasteiger partial charge on any atom is -0.487 e. The molecule has 1 aliphatic heterocycles. The average Bonchev–Trinajstić information content (AvgIpc) is 3.39. The molecule has 0 aliphatic carbocycles. The van der Waals surface area contributed by atoms with E-state index in [1.807, 2.05) is 35.7 Å². The number of thiophene rings is 1. The smallest absolute Gasteiger partial charge is 0.220 e. The van der Waals surface area contributed by atoms with Crippen LogP contribution in [0.5, 0.6) is 5.75 Å². The molecule has 30 heavy (non-hydrogen) atoms. The van der Waals surface area contributed by atoms with Crippen LogP contribution in [-0.4, -0.2) is 33.2 Å². The Kier molecular flexibility index (Phi) is 5.92. The lowest BCUT2D eigenvalue weighted by Crippen LogP contribution is -2.34. The van der Waals surface area contributed by atoms with E-state index >= 15 is 0 Å². The van der Waals surface area contributed by atoms with E-state index in [1.165, 1.54) is 11.1 Å². The van der Waals surface area contributed by atoms with E-state index in [-0.39, 0.29) is 12.0 Å². The molecule has 0 saturated heterocycles. The fraction of sp³-hybridized carbons (Fsp3) is 0.261. The zero-order valence-electron chi connectivity index (χ0n) is 16.6. The number of carbonyl (C=O) groups excluding carboxylic acids is 1. The van der Waals surface area contributed by atoms with Crippen molar-refractivity contribution in [2.75, 3.05) is 12.8 Å². The van der Waals surface area contributed by atoms with Crippen molar-refractivity contribution in [1.29, 1.82) is 0 Å². The predicted octanol–water partition coefficient (Wildman–Crippen LogP) is 3.87. The molecule has 1 amide bonds. The normalized spacial score (nSPS) is 15.4. The van der Waals surface area contributed by atoms with E-state index in [2.05, 4.69) is 5.32 Å². The van der Waals surface area contributed by atoms with Gasteiger partial charge in [0.25, 0.3) is 0 Å². The summed E-state index contributed by atoms with van der Waals surface area (Å²) in [5.41, 5.74) is 2.93. The van der Waals surface area contributed by atoms with Crippen molar-refractivity contribution in [3.05, 3.63) is 70.4 Å². The lowest BCUT2D eigenvalue weighted by atomic mass is 10.0. The van der Waals surface area contributed by atoms with E-state index < -0.39 is 9.84 Å². The van der Waals surface area contributed by atoms with Gasteiger partial charge in [0.1, 0.15) is 11.9 Å². The summed E-state index contributed by atoms with van der Waals surface area (Å²) in [7, 11) is -3.23. The van der Waals surface area contributed by atoms with Gasteiger partial charge >= 0.3 is 0 Å². The molecule has 0 fully saturated rings. The Balaban J connectivity index is 1.39. The third-order valence-electron chi connectivity index (χ3n) is 5.13. The van der Waals surface area contributed by atoms with Gasteiger partial charge in [-0.25, -0.2) is 8.42 Å². The Morgan fingerprint density at radius 1 is 1.13 bits per heavy atom. The van der Waals surface area contributed by atoms with Crippen LogP contribution in [0.15, 0.2) is 64.9 Å². The van der Waals surface area contributed by atoms with Gasteiger partial charge in [0, 0.05) is 29.5 Å². The molecule has 4 rings (SSSR count). The van der Waals surface area contributed by atoms with Crippen LogP contribution >= 0.6 is 11.3 Å². The number of carbonyl (C=O) groups is 1. The Morgan fingerprint density at radius 2 is 1.93 bits per heavy atom. The van der Waals surface area contributed by atoms with Crippen molar-refractivity contribution in [1.82, 2.24) is 5.32 Å². The Labute approximate surface area is 180 Å². The Morgan fingerprint density at radius 3 is 2.63 bits per heavy atom. The standard InChI is InChI=1S/C23H23NO4S2/c1-30(26,27)20-10-7-16(8-11-20)21-6-2-4-17-14-18(28-23(17)21)15-24-22(25)12-9-19-5-3-13-29-19/h2-8,10-11,13,18H,9,12,14-15H2,1H3,(H,24,25)/t18-/m1/s1. The van der Waals surface area contributed by atoms with Crippen molar-refractivity contribution in [2.45, 2.75) is 30.3 Å². The summed E-state index contributed by atoms with van der Waals surface area (Å²) in [6, 6.07) is 16.8. The lowest BCUT2D eigenvalue weighted by Gasteiger charge is -2.14. The number of nitrogens with one attached hydrogen (secondary N) is 1. The number of hydrogen-bond donors (Lipinski definition) is 1. The first-order chi connectivity index (χ1) is 14.4. The SMILES string of the molecule is CS(=O)(=O)c1ccc(-c2cccc3c2O[C@@H](CNC(=O)CCc2cccs2)C3)cc1. The van der Waals surface area contributed by atoms with E-state index in [1.54, 1.807) is 35.6 Å². The predicted molar refractivity (Wildman–Crippen MR) is 119 cm³/mol. The number of fused-ring (bicyclic) bond motifs is 1. The summed E-state index contributed by atoms with van der Waals surface area (Å²) in [6.45, 7) is 0.463. The molecular formula is C23H23NO4S2. The number of hydrogen-bond acceptors (Lipinski definition) is 5. The van der Waals surface area contributed by atoms with Crippen LogP contribution in [0.1, 0.15) is 16.9 Å². The van der Waals surface area contributed by atoms with Crippen molar-refractivity contribution < 1.29 is 17.9 Å². The van der Waals surface area contributed by atoms with Crippen LogP contribution in [0.3, 0.4) is 0 Å². The third-order valence-corrected chi connectivity index (χ3v) is 7.19. The summed E-state index contributed by atoms with van der Waals surface area (Å²) < 4.78 is 29.5. The van der Waals surface area contributed by atoms with Crippen molar-refractivity contribution in [3.63, 3.8) is 0 Å². The molecule has 0 saturated carbocycles. The zero-order valence-corrected chi connectivity index (χ0v) is 18.3. The third kappa shape index (κ3) is 4.74. The molecule has 0 unspecified atom stereocenters. The van der Waals surface area contributed by atoms with Crippen LogP contribution in [0, 0.1) is 0 Å². The van der Waals surface area contributed by atoms with E-state index in [0.717, 1.165) is 35.3 Å². The zero-order chi connectivity index (χ0) is 21.1. The molecule has 0 radical (unpaired) electrons. The maximum Gasteiger partial charge on any atom is 0.220 e. The summed E-state index contributed by atoms with van der Waals surface area (Å²) >= 11 is 1.66. The van der Waals surface area contributed by atoms with Gasteiger partial charge in [0.2, 0.25) is 5.91 Å². The molecule has 1 N–H and O–H groups in total. The van der Waals surface area contributed by atoms with Gasteiger partial charge in [-0.3, -0.25) is 4.79 Å². The molecule has 1 aromatic heterocycles. The van der Waals surface area contributed by atoms with Crippen LogP contribution in [0.4, 0.5) is 0 Å². The summed E-state index contributed by atoms with van der Waals surface area (Å²) in [6.07, 6.45) is 3.05. The topological polar surface area (TPSA) is 72.5 Å². The van der Waals surface area contributed by atoms with Gasteiger partial charge < -0.3 is 10.1 Å². The first kappa shape index (κ1) is 20.6. The molecule has 2 aromatic carbocycles. The number of benzene rings is 2. The number of rotatable bonds is 7. The maximum absolute atomic E-state index is 12.2. The molecular weight excluding hydrogens is 418 g/mol. The molecule has 3 aromatic rings. The number of para-hydroxylation sites is 1. The maximum atomic E-state index is 12.2. The fourth-order valence-electron chi connectivity index (χ4n) is 3.57. The Hall–Kier alpha value is -2.64. The second kappa shape index (κ2) is 8.62. The summed E-state index contributed by atoms with van der Waals surface area (Å²) in [5, 5.41) is 5.00. The lowest BCUT2D eigenvalue weighted by molar-refractivity contribution is -0.121. The van der Waals surface area contributed by atoms with Crippen LogP contribution in [0.25, 0.3) is 11.1 Å². The van der Waals surface area contributed by atoms with Gasteiger partial charge in [0.05, 0.1) is 11.4 Å². The van der Waals surface area contributed by atoms with Crippen molar-refractivity contribution >= 4 is 27.1 Å². The first-order valence-corrected chi connectivity index (χ1v) is 12.6. The monoisotopic (exact) mass is 441 g/mol. The van der Waals surface area contributed by atoms with Gasteiger partial charge in [-0.1, -0.05) is 36.4 Å². The van der Waals surface area contributed by atoms with Crippen molar-refractivity contribution in [2.24, 2.45) is 0 Å². The first-order valence-electron chi connectivity index (χ1n) is 9.78. The second-order valence-corrected chi connectivity index (χ2v) is 10.5.